The van der Waals surface area contributed by atoms with Gasteiger partial charge in [-0.25, -0.2) is 4.79 Å². The van der Waals surface area contributed by atoms with Gasteiger partial charge in [-0.1, -0.05) is 63.6 Å². The highest BCUT2D eigenvalue weighted by Gasteiger charge is 2.03. The summed E-state index contributed by atoms with van der Waals surface area (Å²) in [6.07, 6.45) is 10.1. The van der Waals surface area contributed by atoms with Gasteiger partial charge < -0.3 is 14.6 Å². The van der Waals surface area contributed by atoms with Gasteiger partial charge in [-0.05, 0) is 24.5 Å². The van der Waals surface area contributed by atoms with E-state index in [0.717, 1.165) is 12.2 Å². The Bertz CT molecular complexity index is 431. The quantitative estimate of drug-likeness (QED) is 0.514. The molecule has 4 nitrogen and oxygen atoms in total. The highest BCUT2D eigenvalue weighted by molar-refractivity contribution is 5.67. The molecule has 0 unspecified atom stereocenters. The molecule has 0 aliphatic carbocycles. The molecule has 0 atom stereocenters. The highest BCUT2D eigenvalue weighted by Crippen LogP contribution is 2.20. The summed E-state index contributed by atoms with van der Waals surface area (Å²) in [6.45, 7) is 2.63. The van der Waals surface area contributed by atoms with Crippen LogP contribution in [0.3, 0.4) is 0 Å². The number of aliphatic carboxylic acids is 1. The van der Waals surface area contributed by atoms with E-state index in [-0.39, 0.29) is 13.2 Å². The molecule has 4 heteroatoms. The number of rotatable bonds is 14. The molecule has 130 valence electrons. The predicted octanol–water partition coefficient (Wildman–Crippen LogP) is 4.46. The van der Waals surface area contributed by atoms with Crippen LogP contribution in [0.4, 0.5) is 0 Å². The molecule has 0 saturated heterocycles. The van der Waals surface area contributed by atoms with Gasteiger partial charge in [0.05, 0.1) is 6.61 Å². The van der Waals surface area contributed by atoms with Crippen LogP contribution in [0.25, 0.3) is 0 Å². The molecule has 0 radical (unpaired) electrons. The fourth-order valence-corrected chi connectivity index (χ4v) is 2.49. The summed E-state index contributed by atoms with van der Waals surface area (Å²) in [5.41, 5.74) is 1.22. The van der Waals surface area contributed by atoms with Crippen molar-refractivity contribution in [3.8, 4) is 5.75 Å². The van der Waals surface area contributed by atoms with Gasteiger partial charge >= 0.3 is 5.97 Å². The van der Waals surface area contributed by atoms with E-state index in [1.165, 1.54) is 50.5 Å². The summed E-state index contributed by atoms with van der Waals surface area (Å²) in [5.74, 6) is -0.0678. The topological polar surface area (TPSA) is 55.8 Å². The molecule has 1 rings (SSSR count). The number of aryl methyl sites for hydroxylation is 1. The molecule has 1 aromatic rings. The van der Waals surface area contributed by atoms with Crippen LogP contribution in [0.2, 0.25) is 0 Å². The van der Waals surface area contributed by atoms with Crippen molar-refractivity contribution >= 4 is 5.97 Å². The minimum absolute atomic E-state index is 0.275. The highest BCUT2D eigenvalue weighted by atomic mass is 16.5. The first kappa shape index (κ1) is 19.5. The number of carbonyl (C=O) groups is 1. The molecule has 1 aromatic carbocycles. The van der Waals surface area contributed by atoms with Crippen LogP contribution < -0.4 is 4.74 Å². The van der Waals surface area contributed by atoms with Gasteiger partial charge in [0.2, 0.25) is 0 Å². The number of hydrogen-bond donors (Lipinski definition) is 1. The SMILES string of the molecule is CCCCCCCCCc1ccccc1OCCOCC(=O)O. The fraction of sp³-hybridized carbons (Fsp3) is 0.632. The van der Waals surface area contributed by atoms with Crippen molar-refractivity contribution in [3.63, 3.8) is 0 Å². The van der Waals surface area contributed by atoms with Gasteiger partial charge in [0.25, 0.3) is 0 Å². The Morgan fingerprint density at radius 2 is 1.70 bits per heavy atom. The maximum absolute atomic E-state index is 10.4. The Hall–Kier alpha value is -1.55. The number of carboxylic acids is 1. The van der Waals surface area contributed by atoms with Crippen molar-refractivity contribution in [2.24, 2.45) is 0 Å². The third kappa shape index (κ3) is 9.95. The standard InChI is InChI=1S/C19H30O4/c1-2-3-4-5-6-7-8-11-17-12-9-10-13-18(17)23-15-14-22-16-19(20)21/h9-10,12-13H,2-8,11,14-16H2,1H3,(H,20,21). The summed E-state index contributed by atoms with van der Waals surface area (Å²) in [7, 11) is 0. The minimum Gasteiger partial charge on any atom is -0.491 e. The normalized spacial score (nSPS) is 10.7. The van der Waals surface area contributed by atoms with E-state index >= 15 is 0 Å². The Morgan fingerprint density at radius 3 is 2.43 bits per heavy atom. The second-order valence-electron chi connectivity index (χ2n) is 5.77. The number of benzene rings is 1. The molecule has 0 amide bonds. The largest absolute Gasteiger partial charge is 0.491 e. The molecule has 0 fully saturated rings. The summed E-state index contributed by atoms with van der Waals surface area (Å²) in [5, 5.41) is 8.50. The van der Waals surface area contributed by atoms with Crippen LogP contribution in [-0.2, 0) is 16.0 Å². The van der Waals surface area contributed by atoms with Crippen LogP contribution in [0.5, 0.6) is 5.75 Å². The second-order valence-corrected chi connectivity index (χ2v) is 5.77. The van der Waals surface area contributed by atoms with E-state index in [4.69, 9.17) is 14.6 Å². The van der Waals surface area contributed by atoms with Gasteiger partial charge in [-0.15, -0.1) is 0 Å². The molecule has 23 heavy (non-hydrogen) atoms. The van der Waals surface area contributed by atoms with E-state index < -0.39 is 5.97 Å². The number of carboxylic acid groups (broad SMARTS) is 1. The molecule has 0 spiro atoms. The number of para-hydroxylation sites is 1. The molecule has 0 saturated carbocycles. The molecule has 0 aliphatic heterocycles. The zero-order valence-corrected chi connectivity index (χ0v) is 14.3. The summed E-state index contributed by atoms with van der Waals surface area (Å²) < 4.78 is 10.7. The van der Waals surface area contributed by atoms with Crippen molar-refractivity contribution in [2.75, 3.05) is 19.8 Å². The third-order valence-corrected chi connectivity index (χ3v) is 3.73. The summed E-state index contributed by atoms with van der Waals surface area (Å²) in [6, 6.07) is 8.06. The first-order valence-corrected chi connectivity index (χ1v) is 8.74. The van der Waals surface area contributed by atoms with Crippen LogP contribution >= 0.6 is 0 Å². The lowest BCUT2D eigenvalue weighted by Crippen LogP contribution is -2.13. The monoisotopic (exact) mass is 322 g/mol. The predicted molar refractivity (Wildman–Crippen MR) is 92.1 cm³/mol. The maximum atomic E-state index is 10.4. The van der Waals surface area contributed by atoms with Crippen LogP contribution in [0, 0.1) is 0 Å². The Balaban J connectivity index is 2.21. The summed E-state index contributed by atoms with van der Waals surface area (Å²) >= 11 is 0. The average Bonchev–Trinajstić information content (AvgIpc) is 2.54. The smallest absolute Gasteiger partial charge is 0.329 e. The van der Waals surface area contributed by atoms with Crippen LogP contribution in [0.1, 0.15) is 57.4 Å². The van der Waals surface area contributed by atoms with Gasteiger partial charge in [-0.3, -0.25) is 0 Å². The van der Waals surface area contributed by atoms with E-state index in [0.29, 0.717) is 6.61 Å². The minimum atomic E-state index is -0.954. The van der Waals surface area contributed by atoms with Gasteiger partial charge in [-0.2, -0.15) is 0 Å². The molecule has 1 N–H and O–H groups in total. The first-order valence-electron chi connectivity index (χ1n) is 8.74. The molecule has 0 aliphatic rings. The van der Waals surface area contributed by atoms with Crippen molar-refractivity contribution in [3.05, 3.63) is 29.8 Å². The zero-order valence-electron chi connectivity index (χ0n) is 14.3. The van der Waals surface area contributed by atoms with Crippen LogP contribution in [0.15, 0.2) is 24.3 Å². The van der Waals surface area contributed by atoms with Crippen molar-refractivity contribution in [1.29, 1.82) is 0 Å². The number of hydrogen-bond acceptors (Lipinski definition) is 3. The van der Waals surface area contributed by atoms with Gasteiger partial charge in [0, 0.05) is 0 Å². The number of ether oxygens (including phenoxy) is 2. The molecule has 0 heterocycles. The Labute approximate surface area is 139 Å². The Kier molecular flexibility index (Phi) is 11.0. The molecular weight excluding hydrogens is 292 g/mol. The van der Waals surface area contributed by atoms with E-state index in [2.05, 4.69) is 13.0 Å². The van der Waals surface area contributed by atoms with E-state index in [1.54, 1.807) is 0 Å². The molecular formula is C19H30O4. The fourth-order valence-electron chi connectivity index (χ4n) is 2.49. The second kappa shape index (κ2) is 12.9. The summed E-state index contributed by atoms with van der Waals surface area (Å²) in [4.78, 5) is 10.4. The van der Waals surface area contributed by atoms with E-state index in [9.17, 15) is 4.79 Å². The number of unbranched alkanes of at least 4 members (excludes halogenated alkanes) is 6. The lowest BCUT2D eigenvalue weighted by molar-refractivity contribution is -0.142. The molecule has 0 bridgehead atoms. The maximum Gasteiger partial charge on any atom is 0.329 e. The molecule has 0 aromatic heterocycles. The lowest BCUT2D eigenvalue weighted by Gasteiger charge is -2.11. The van der Waals surface area contributed by atoms with Crippen molar-refractivity contribution < 1.29 is 19.4 Å². The van der Waals surface area contributed by atoms with Crippen molar-refractivity contribution in [2.45, 2.75) is 58.3 Å². The van der Waals surface area contributed by atoms with Gasteiger partial charge in [0.15, 0.2) is 0 Å². The Morgan fingerprint density at radius 1 is 1.00 bits per heavy atom. The first-order chi connectivity index (χ1) is 11.2. The van der Waals surface area contributed by atoms with E-state index in [1.807, 2.05) is 18.2 Å². The van der Waals surface area contributed by atoms with Crippen molar-refractivity contribution in [1.82, 2.24) is 0 Å². The van der Waals surface area contributed by atoms with Gasteiger partial charge in [0.1, 0.15) is 19.0 Å². The zero-order chi connectivity index (χ0) is 16.8. The lowest BCUT2D eigenvalue weighted by atomic mass is 10.0. The third-order valence-electron chi connectivity index (χ3n) is 3.73. The average molecular weight is 322 g/mol. The van der Waals surface area contributed by atoms with Crippen LogP contribution in [-0.4, -0.2) is 30.9 Å².